The van der Waals surface area contributed by atoms with Crippen molar-refractivity contribution >= 4 is 24.5 Å². The van der Waals surface area contributed by atoms with E-state index in [9.17, 15) is 19.2 Å². The van der Waals surface area contributed by atoms with E-state index in [4.69, 9.17) is 23.7 Å². The van der Waals surface area contributed by atoms with Gasteiger partial charge in [0.1, 0.15) is 18.3 Å². The molecular formula is C33H62N4O9. The normalized spacial score (nSPS) is 14.2. The summed E-state index contributed by atoms with van der Waals surface area (Å²) in [5.74, 6) is -0.111. The van der Waals surface area contributed by atoms with Crippen molar-refractivity contribution in [3.63, 3.8) is 0 Å². The molecule has 0 saturated heterocycles. The van der Waals surface area contributed by atoms with Gasteiger partial charge in [-0.3, -0.25) is 9.59 Å². The third-order valence-corrected chi connectivity index (χ3v) is 7.63. The van der Waals surface area contributed by atoms with Crippen LogP contribution in [-0.2, 0) is 33.3 Å². The first-order valence-corrected chi connectivity index (χ1v) is 16.6. The molecule has 0 fully saturated rings. The topological polar surface area (TPSA) is 163 Å². The first kappa shape index (κ1) is 43.1. The third kappa shape index (κ3) is 21.0. The second kappa shape index (κ2) is 26.2. The summed E-state index contributed by atoms with van der Waals surface area (Å²) < 4.78 is 27.0. The molecule has 13 heteroatoms. The second-order valence-electron chi connectivity index (χ2n) is 12.1. The number of amides is 4. The Bertz CT molecular complexity index is 872. The summed E-state index contributed by atoms with van der Waals surface area (Å²) in [5, 5.41) is 11.2. The molecule has 3 unspecified atom stereocenters. The van der Waals surface area contributed by atoms with Gasteiger partial charge < -0.3 is 45.0 Å². The number of carbonyl (C=O) groups excluding carboxylic acids is 4. The van der Waals surface area contributed by atoms with E-state index < -0.39 is 29.3 Å². The maximum absolute atomic E-state index is 13.2. The van der Waals surface area contributed by atoms with Gasteiger partial charge in [0.25, 0.3) is 0 Å². The zero-order valence-corrected chi connectivity index (χ0v) is 29.4. The molecule has 0 heterocycles. The lowest BCUT2D eigenvalue weighted by molar-refractivity contribution is -0.135. The predicted molar refractivity (Wildman–Crippen MR) is 178 cm³/mol. The van der Waals surface area contributed by atoms with Crippen LogP contribution < -0.4 is 21.3 Å². The molecule has 4 amide bonds. The SMILES string of the molecule is CC=CC(C)(C(=O)NCCCCCCNC(=O)OCC(COC)OC)C(C)OCCC(C)(C)OC(=O)NCCCCCCNC=O. The zero-order valence-electron chi connectivity index (χ0n) is 29.4. The van der Waals surface area contributed by atoms with Crippen LogP contribution >= 0.6 is 0 Å². The van der Waals surface area contributed by atoms with Crippen LogP contribution in [-0.4, -0.2) is 103 Å². The van der Waals surface area contributed by atoms with Gasteiger partial charge in [-0.25, -0.2) is 9.59 Å². The summed E-state index contributed by atoms with van der Waals surface area (Å²) in [5.41, 5.74) is -1.60. The van der Waals surface area contributed by atoms with Crippen molar-refractivity contribution in [1.29, 1.82) is 0 Å². The Morgan fingerprint density at radius 3 is 1.89 bits per heavy atom. The van der Waals surface area contributed by atoms with E-state index in [-0.39, 0.29) is 18.6 Å². The van der Waals surface area contributed by atoms with Crippen LogP contribution in [0, 0.1) is 5.41 Å². The first-order chi connectivity index (χ1) is 22.0. The summed E-state index contributed by atoms with van der Waals surface area (Å²) in [6.07, 6.45) is 10.4. The molecule has 0 aliphatic heterocycles. The number of hydrogen-bond acceptors (Lipinski definition) is 9. The van der Waals surface area contributed by atoms with Crippen LogP contribution in [0.1, 0.15) is 92.4 Å². The molecule has 0 spiro atoms. The van der Waals surface area contributed by atoms with Gasteiger partial charge in [0.2, 0.25) is 12.3 Å². The largest absolute Gasteiger partial charge is 0.447 e. The molecule has 0 aliphatic carbocycles. The molecule has 0 aromatic carbocycles. The van der Waals surface area contributed by atoms with Gasteiger partial charge in [0, 0.05) is 46.8 Å². The molecule has 46 heavy (non-hydrogen) atoms. The van der Waals surface area contributed by atoms with E-state index in [2.05, 4.69) is 21.3 Å². The fraction of sp³-hybridized carbons (Fsp3) is 0.818. The van der Waals surface area contributed by atoms with E-state index in [0.29, 0.717) is 52.2 Å². The quantitative estimate of drug-likeness (QED) is 0.0547. The average Bonchev–Trinajstić information content (AvgIpc) is 3.01. The van der Waals surface area contributed by atoms with Crippen molar-refractivity contribution < 1.29 is 42.9 Å². The number of alkyl carbamates (subject to hydrolysis) is 2. The number of nitrogens with one attached hydrogen (secondary N) is 4. The van der Waals surface area contributed by atoms with Crippen LogP contribution in [0.4, 0.5) is 9.59 Å². The molecule has 0 aromatic rings. The highest BCUT2D eigenvalue weighted by atomic mass is 16.6. The number of carbonyl (C=O) groups is 4. The Morgan fingerprint density at radius 1 is 0.783 bits per heavy atom. The van der Waals surface area contributed by atoms with Crippen molar-refractivity contribution in [2.45, 2.75) is 110 Å². The number of unbranched alkanes of at least 4 members (excludes halogenated alkanes) is 6. The number of hydrogen-bond donors (Lipinski definition) is 4. The average molecular weight is 659 g/mol. The molecular weight excluding hydrogens is 596 g/mol. The van der Waals surface area contributed by atoms with Gasteiger partial charge in [0.15, 0.2) is 0 Å². The summed E-state index contributed by atoms with van der Waals surface area (Å²) in [6.45, 7) is 12.3. The number of methoxy groups -OCH3 is 2. The van der Waals surface area contributed by atoms with Crippen LogP contribution in [0.2, 0.25) is 0 Å². The van der Waals surface area contributed by atoms with Crippen LogP contribution in [0.25, 0.3) is 0 Å². The van der Waals surface area contributed by atoms with E-state index in [0.717, 1.165) is 51.4 Å². The Morgan fingerprint density at radius 2 is 1.35 bits per heavy atom. The molecule has 0 rings (SSSR count). The maximum atomic E-state index is 13.2. The number of ether oxygens (including phenoxy) is 5. The summed E-state index contributed by atoms with van der Waals surface area (Å²) in [6, 6.07) is 0. The van der Waals surface area contributed by atoms with E-state index in [1.807, 2.05) is 46.8 Å². The lowest BCUT2D eigenvalue weighted by Crippen LogP contribution is -2.46. The highest BCUT2D eigenvalue weighted by Gasteiger charge is 2.37. The molecule has 13 nitrogen and oxygen atoms in total. The van der Waals surface area contributed by atoms with E-state index in [1.54, 1.807) is 7.11 Å². The first-order valence-electron chi connectivity index (χ1n) is 16.6. The van der Waals surface area contributed by atoms with Crippen molar-refractivity contribution in [2.24, 2.45) is 5.41 Å². The van der Waals surface area contributed by atoms with Gasteiger partial charge in [-0.05, 0) is 60.3 Å². The van der Waals surface area contributed by atoms with Gasteiger partial charge >= 0.3 is 12.2 Å². The lowest BCUT2D eigenvalue weighted by atomic mass is 9.83. The lowest BCUT2D eigenvalue weighted by Gasteiger charge is -2.33. The highest BCUT2D eigenvalue weighted by Crippen LogP contribution is 2.27. The number of rotatable bonds is 28. The van der Waals surface area contributed by atoms with Crippen LogP contribution in [0.3, 0.4) is 0 Å². The van der Waals surface area contributed by atoms with Crippen molar-refractivity contribution in [3.05, 3.63) is 12.2 Å². The standard InChI is InChI=1S/C33H62N4O9/c1-8-17-33(5,29(39)35-20-14-11-12-15-21-36-30(40)45-25-28(43-7)24-42-6)27(2)44-23-18-32(3,4)46-31(41)37-22-16-10-9-13-19-34-26-38/h8,17,26-28H,9-16,18-25H2,1-7H3,(H,34,38)(H,35,39)(H,36,40)(H,37,41). The fourth-order valence-corrected chi connectivity index (χ4v) is 4.47. The minimum atomic E-state index is -0.865. The number of allylic oxidation sites excluding steroid dienone is 1. The second-order valence-corrected chi connectivity index (χ2v) is 12.1. The monoisotopic (exact) mass is 658 g/mol. The van der Waals surface area contributed by atoms with Crippen LogP contribution in [0.5, 0.6) is 0 Å². The fourth-order valence-electron chi connectivity index (χ4n) is 4.47. The minimum absolute atomic E-state index is 0.111. The third-order valence-electron chi connectivity index (χ3n) is 7.63. The molecule has 3 atom stereocenters. The Balaban J connectivity index is 4.31. The smallest absolute Gasteiger partial charge is 0.407 e. The van der Waals surface area contributed by atoms with E-state index >= 15 is 0 Å². The van der Waals surface area contributed by atoms with Crippen molar-refractivity contribution in [1.82, 2.24) is 21.3 Å². The molecule has 0 radical (unpaired) electrons. The van der Waals surface area contributed by atoms with Gasteiger partial charge in [-0.1, -0.05) is 37.8 Å². The highest BCUT2D eigenvalue weighted by molar-refractivity contribution is 5.84. The summed E-state index contributed by atoms with van der Waals surface area (Å²) >= 11 is 0. The van der Waals surface area contributed by atoms with Crippen molar-refractivity contribution in [2.75, 3.05) is 60.2 Å². The molecule has 0 bridgehead atoms. The molecule has 0 aliphatic rings. The molecule has 268 valence electrons. The summed E-state index contributed by atoms with van der Waals surface area (Å²) in [7, 11) is 3.10. The summed E-state index contributed by atoms with van der Waals surface area (Å²) in [4.78, 5) is 47.5. The van der Waals surface area contributed by atoms with Gasteiger partial charge in [0.05, 0.1) is 24.7 Å². The Labute approximate surface area is 276 Å². The zero-order chi connectivity index (χ0) is 34.7. The Hall–Kier alpha value is -2.90. The van der Waals surface area contributed by atoms with Crippen LogP contribution in [0.15, 0.2) is 12.2 Å². The van der Waals surface area contributed by atoms with Gasteiger partial charge in [-0.2, -0.15) is 0 Å². The van der Waals surface area contributed by atoms with E-state index in [1.165, 1.54) is 7.11 Å². The minimum Gasteiger partial charge on any atom is -0.447 e. The Kier molecular flexibility index (Phi) is 24.5. The molecule has 0 saturated carbocycles. The maximum Gasteiger partial charge on any atom is 0.407 e. The predicted octanol–water partition coefficient (Wildman–Crippen LogP) is 4.24. The van der Waals surface area contributed by atoms with Crippen molar-refractivity contribution in [3.8, 4) is 0 Å². The van der Waals surface area contributed by atoms with Gasteiger partial charge in [-0.15, -0.1) is 0 Å². The molecule has 4 N–H and O–H groups in total. The molecule has 0 aromatic heterocycles.